The molecule has 0 aliphatic heterocycles. The van der Waals surface area contributed by atoms with Gasteiger partial charge in [0, 0.05) is 17.2 Å². The summed E-state index contributed by atoms with van der Waals surface area (Å²) in [7, 11) is -3.64. The highest BCUT2D eigenvalue weighted by atomic mass is 35.5. The molecule has 0 spiro atoms. The number of halogens is 2. The molecule has 6 nitrogen and oxygen atoms in total. The maximum atomic E-state index is 15.4. The van der Waals surface area contributed by atoms with E-state index in [1.807, 2.05) is 20.8 Å². The second-order valence-electron chi connectivity index (χ2n) is 7.75. The summed E-state index contributed by atoms with van der Waals surface area (Å²) in [6.07, 6.45) is 1.95. The molecular weight excluding hydrogens is 447 g/mol. The lowest BCUT2D eigenvalue weighted by molar-refractivity contribution is 0.585. The number of benzene rings is 1. The Morgan fingerprint density at radius 2 is 1.93 bits per heavy atom. The van der Waals surface area contributed by atoms with Gasteiger partial charge in [-0.25, -0.2) is 27.8 Å². The van der Waals surface area contributed by atoms with Gasteiger partial charge in [-0.05, 0) is 36.2 Å². The van der Waals surface area contributed by atoms with Gasteiger partial charge in [-0.15, -0.1) is 11.3 Å². The molecule has 2 aromatic heterocycles. The average Bonchev–Trinajstić information content (AvgIpc) is 3.09. The Hall–Kier alpha value is -2.10. The summed E-state index contributed by atoms with van der Waals surface area (Å²) in [5.41, 5.74) is 0.704. The van der Waals surface area contributed by atoms with Crippen molar-refractivity contribution in [3.63, 3.8) is 0 Å². The summed E-state index contributed by atoms with van der Waals surface area (Å²) in [4.78, 5) is 13.5. The second-order valence-corrected chi connectivity index (χ2v) is 10.9. The first-order valence-corrected chi connectivity index (χ1v) is 12.2. The highest BCUT2D eigenvalue weighted by Gasteiger charge is 2.26. The van der Waals surface area contributed by atoms with Crippen molar-refractivity contribution >= 4 is 38.6 Å². The molecule has 3 rings (SSSR count). The summed E-state index contributed by atoms with van der Waals surface area (Å²) >= 11 is 7.35. The second kappa shape index (κ2) is 8.56. The quantitative estimate of drug-likeness (QED) is 0.482. The molecule has 160 valence electrons. The fourth-order valence-corrected chi connectivity index (χ4v) is 5.13. The van der Waals surface area contributed by atoms with Crippen LogP contribution in [0.2, 0.25) is 5.28 Å². The van der Waals surface area contributed by atoms with E-state index in [0.717, 1.165) is 5.01 Å². The Morgan fingerprint density at radius 3 is 2.57 bits per heavy atom. The summed E-state index contributed by atoms with van der Waals surface area (Å²) in [5, 5.41) is 0.865. The van der Waals surface area contributed by atoms with E-state index in [-0.39, 0.29) is 27.7 Å². The fourth-order valence-electron chi connectivity index (χ4n) is 2.74. The predicted octanol–water partition coefficient (Wildman–Crippen LogP) is 5.51. The first-order chi connectivity index (χ1) is 14.0. The van der Waals surface area contributed by atoms with Crippen LogP contribution in [0.25, 0.3) is 21.8 Å². The number of hydrogen-bond donors (Lipinski definition) is 1. The predicted molar refractivity (Wildman–Crippen MR) is 120 cm³/mol. The van der Waals surface area contributed by atoms with Crippen molar-refractivity contribution in [2.75, 3.05) is 10.5 Å². The van der Waals surface area contributed by atoms with E-state index >= 15 is 4.39 Å². The first-order valence-electron chi connectivity index (χ1n) is 9.31. The van der Waals surface area contributed by atoms with Crippen molar-refractivity contribution in [1.29, 1.82) is 0 Å². The van der Waals surface area contributed by atoms with Crippen LogP contribution in [0.1, 0.15) is 39.1 Å². The van der Waals surface area contributed by atoms with E-state index in [2.05, 4.69) is 14.7 Å². The molecule has 1 aromatic carbocycles. The largest absolute Gasteiger partial charge is 0.281 e. The topological polar surface area (TPSA) is 84.8 Å². The van der Waals surface area contributed by atoms with Gasteiger partial charge in [-0.3, -0.25) is 4.72 Å². The Morgan fingerprint density at radius 1 is 1.20 bits per heavy atom. The SMILES string of the molecule is CCCS(=O)(=O)Nc1cccc(-c2nc(C(C)(C)C)sc2-c2ccnc(Cl)n2)c1F. The van der Waals surface area contributed by atoms with Crippen LogP contribution in [0.15, 0.2) is 30.5 Å². The summed E-state index contributed by atoms with van der Waals surface area (Å²) in [6.45, 7) is 7.78. The van der Waals surface area contributed by atoms with E-state index in [1.54, 1.807) is 25.1 Å². The molecule has 3 aromatic rings. The van der Waals surface area contributed by atoms with Crippen molar-refractivity contribution in [1.82, 2.24) is 15.0 Å². The molecule has 0 saturated carbocycles. The lowest BCUT2D eigenvalue weighted by atomic mass is 9.98. The van der Waals surface area contributed by atoms with Crippen LogP contribution >= 0.6 is 22.9 Å². The molecule has 0 saturated heterocycles. The Bertz CT molecular complexity index is 1170. The molecule has 0 radical (unpaired) electrons. The number of thiazole rings is 1. The minimum absolute atomic E-state index is 0.0747. The van der Waals surface area contributed by atoms with Crippen LogP contribution in [0.3, 0.4) is 0 Å². The molecular formula is C20H22ClFN4O2S2. The smallest absolute Gasteiger partial charge is 0.232 e. The van der Waals surface area contributed by atoms with Gasteiger partial charge in [0.15, 0.2) is 5.82 Å². The molecule has 1 N–H and O–H groups in total. The summed E-state index contributed by atoms with van der Waals surface area (Å²) < 4.78 is 42.0. The molecule has 0 atom stereocenters. The molecule has 0 fully saturated rings. The van der Waals surface area contributed by atoms with Crippen molar-refractivity contribution in [2.24, 2.45) is 0 Å². The van der Waals surface area contributed by atoms with E-state index < -0.39 is 15.8 Å². The first kappa shape index (κ1) is 22.6. The monoisotopic (exact) mass is 468 g/mol. The maximum Gasteiger partial charge on any atom is 0.232 e. The number of hydrogen-bond acceptors (Lipinski definition) is 6. The lowest BCUT2D eigenvalue weighted by Gasteiger charge is -2.13. The van der Waals surface area contributed by atoms with E-state index in [9.17, 15) is 8.42 Å². The van der Waals surface area contributed by atoms with E-state index in [4.69, 9.17) is 16.6 Å². The van der Waals surface area contributed by atoms with Crippen LogP contribution in [-0.2, 0) is 15.4 Å². The minimum Gasteiger partial charge on any atom is -0.281 e. The number of sulfonamides is 1. The molecule has 0 aliphatic rings. The van der Waals surface area contributed by atoms with Crippen LogP contribution in [-0.4, -0.2) is 29.1 Å². The van der Waals surface area contributed by atoms with Crippen molar-refractivity contribution in [2.45, 2.75) is 39.5 Å². The third-order valence-electron chi connectivity index (χ3n) is 4.12. The van der Waals surface area contributed by atoms with Gasteiger partial charge in [0.1, 0.15) is 0 Å². The molecule has 10 heteroatoms. The Balaban J connectivity index is 2.18. The third kappa shape index (κ3) is 4.96. The molecule has 0 aliphatic carbocycles. The third-order valence-corrected chi connectivity index (χ3v) is 7.28. The van der Waals surface area contributed by atoms with Gasteiger partial charge in [-0.2, -0.15) is 0 Å². The van der Waals surface area contributed by atoms with Gasteiger partial charge in [-0.1, -0.05) is 33.8 Å². The summed E-state index contributed by atoms with van der Waals surface area (Å²) in [6, 6.07) is 6.24. The van der Waals surface area contributed by atoms with Crippen LogP contribution in [0.4, 0.5) is 10.1 Å². The van der Waals surface area contributed by atoms with Crippen molar-refractivity contribution in [3.8, 4) is 21.8 Å². The molecule has 30 heavy (non-hydrogen) atoms. The zero-order valence-corrected chi connectivity index (χ0v) is 19.4. The lowest BCUT2D eigenvalue weighted by Crippen LogP contribution is -2.17. The highest BCUT2D eigenvalue weighted by Crippen LogP contribution is 2.41. The van der Waals surface area contributed by atoms with Crippen LogP contribution in [0, 0.1) is 5.82 Å². The zero-order valence-electron chi connectivity index (χ0n) is 17.0. The Labute approximate surface area is 184 Å². The van der Waals surface area contributed by atoms with Gasteiger partial charge < -0.3 is 0 Å². The number of anilines is 1. The zero-order chi connectivity index (χ0) is 22.1. The van der Waals surface area contributed by atoms with Crippen molar-refractivity contribution < 1.29 is 12.8 Å². The summed E-state index contributed by atoms with van der Waals surface area (Å²) in [5.74, 6) is -0.781. The average molecular weight is 469 g/mol. The number of aromatic nitrogens is 3. The standard InChI is InChI=1S/C20H22ClFN4O2S2/c1-5-11-30(27,28)26-13-8-6-7-12(15(13)22)16-17(14-9-10-23-19(21)24-14)29-18(25-16)20(2,3)4/h6-10,26H,5,11H2,1-4H3. The van der Waals surface area contributed by atoms with Gasteiger partial charge >= 0.3 is 0 Å². The van der Waals surface area contributed by atoms with Crippen molar-refractivity contribution in [3.05, 3.63) is 46.6 Å². The molecule has 2 heterocycles. The number of nitrogens with zero attached hydrogens (tertiary/aromatic N) is 3. The molecule has 0 amide bonds. The molecule has 0 bridgehead atoms. The minimum atomic E-state index is -3.64. The fraction of sp³-hybridized carbons (Fsp3) is 0.350. The van der Waals surface area contributed by atoms with Crippen LogP contribution < -0.4 is 4.72 Å². The van der Waals surface area contributed by atoms with Crippen LogP contribution in [0.5, 0.6) is 0 Å². The number of rotatable bonds is 6. The number of nitrogens with one attached hydrogen (secondary N) is 1. The molecule has 0 unspecified atom stereocenters. The van der Waals surface area contributed by atoms with Gasteiger partial charge in [0.25, 0.3) is 0 Å². The Kier molecular flexibility index (Phi) is 6.45. The highest BCUT2D eigenvalue weighted by molar-refractivity contribution is 7.92. The van der Waals surface area contributed by atoms with Gasteiger partial charge in [0.2, 0.25) is 15.3 Å². The van der Waals surface area contributed by atoms with E-state index in [0.29, 0.717) is 22.7 Å². The van der Waals surface area contributed by atoms with Gasteiger partial charge in [0.05, 0.1) is 32.7 Å². The van der Waals surface area contributed by atoms with E-state index in [1.165, 1.54) is 23.6 Å². The maximum absolute atomic E-state index is 15.4. The normalized spacial score (nSPS) is 12.2.